The molecule has 33 heavy (non-hydrogen) atoms. The first-order valence-corrected chi connectivity index (χ1v) is 10.7. The van der Waals surface area contributed by atoms with Crippen LogP contribution in [-0.4, -0.2) is 28.0 Å². The highest BCUT2D eigenvalue weighted by Gasteiger charge is 2.19. The predicted molar refractivity (Wildman–Crippen MR) is 130 cm³/mol. The van der Waals surface area contributed by atoms with Gasteiger partial charge in [0.1, 0.15) is 5.75 Å². The van der Waals surface area contributed by atoms with Crippen LogP contribution >= 0.6 is 0 Å². The Kier molecular flexibility index (Phi) is 6.40. The van der Waals surface area contributed by atoms with Crippen LogP contribution in [0.5, 0.6) is 5.75 Å². The summed E-state index contributed by atoms with van der Waals surface area (Å²) in [6, 6.07) is 16.5. The van der Waals surface area contributed by atoms with Crippen molar-refractivity contribution in [1.29, 1.82) is 0 Å². The zero-order chi connectivity index (χ0) is 23.4. The number of methoxy groups -OCH3 is 1. The molecule has 4 rings (SSSR count). The molecule has 2 aromatic carbocycles. The summed E-state index contributed by atoms with van der Waals surface area (Å²) in [6.07, 6.45) is 3.39. The largest absolute Gasteiger partial charge is 0.495 e. The molecule has 4 aromatic rings. The highest BCUT2D eigenvalue weighted by atomic mass is 16.5. The van der Waals surface area contributed by atoms with E-state index in [0.717, 1.165) is 27.6 Å². The minimum Gasteiger partial charge on any atom is -0.495 e. The monoisotopic (exact) mass is 442 g/mol. The van der Waals surface area contributed by atoms with Gasteiger partial charge in [-0.1, -0.05) is 24.3 Å². The fraction of sp³-hybridized carbons (Fsp3) is 0.192. The minimum atomic E-state index is -0.344. The summed E-state index contributed by atoms with van der Waals surface area (Å²) in [4.78, 5) is 34.9. The maximum Gasteiger partial charge on any atom is 0.322 e. The standard InChI is InChI=1S/C26H26N4O3/c1-17-11-18(2)21-13-20(25(31)28-23(21)12-17)16-30(15-19-7-6-10-27-14-19)26(32)29-22-8-4-5-9-24(22)33-3/h4-14H,15-16H2,1-3H3,(H,28,31)(H,29,32). The lowest BCUT2D eigenvalue weighted by molar-refractivity contribution is 0.206. The van der Waals surface area contributed by atoms with Gasteiger partial charge in [0.15, 0.2) is 0 Å². The number of aromatic nitrogens is 2. The van der Waals surface area contributed by atoms with E-state index in [0.29, 0.717) is 23.5 Å². The van der Waals surface area contributed by atoms with Crippen molar-refractivity contribution in [2.24, 2.45) is 0 Å². The molecule has 0 spiro atoms. The first-order valence-electron chi connectivity index (χ1n) is 10.7. The van der Waals surface area contributed by atoms with Gasteiger partial charge in [-0.3, -0.25) is 9.78 Å². The molecule has 168 valence electrons. The van der Waals surface area contributed by atoms with Crippen molar-refractivity contribution in [3.8, 4) is 5.75 Å². The molecule has 2 amide bonds. The molecule has 2 heterocycles. The molecule has 0 fully saturated rings. The van der Waals surface area contributed by atoms with Gasteiger partial charge in [-0.15, -0.1) is 0 Å². The van der Waals surface area contributed by atoms with Crippen molar-refractivity contribution in [3.63, 3.8) is 0 Å². The van der Waals surface area contributed by atoms with E-state index in [1.807, 2.05) is 50.2 Å². The summed E-state index contributed by atoms with van der Waals surface area (Å²) in [5.41, 5.74) is 4.65. The average molecular weight is 443 g/mol. The van der Waals surface area contributed by atoms with Crippen molar-refractivity contribution < 1.29 is 9.53 Å². The number of hydrogen-bond donors (Lipinski definition) is 2. The van der Waals surface area contributed by atoms with Gasteiger partial charge in [-0.25, -0.2) is 4.79 Å². The fourth-order valence-corrected chi connectivity index (χ4v) is 3.89. The number of aromatic amines is 1. The number of amides is 2. The van der Waals surface area contributed by atoms with Gasteiger partial charge >= 0.3 is 6.03 Å². The number of anilines is 1. The highest BCUT2D eigenvalue weighted by molar-refractivity contribution is 5.91. The molecule has 0 radical (unpaired) electrons. The van der Waals surface area contributed by atoms with Crippen molar-refractivity contribution in [2.75, 3.05) is 12.4 Å². The maximum atomic E-state index is 13.3. The number of carbonyl (C=O) groups is 1. The number of para-hydroxylation sites is 2. The molecule has 0 atom stereocenters. The Labute approximate surface area is 192 Å². The Hall–Kier alpha value is -4.13. The molecule has 0 aliphatic heterocycles. The topological polar surface area (TPSA) is 87.3 Å². The van der Waals surface area contributed by atoms with Crippen LogP contribution in [0.3, 0.4) is 0 Å². The number of hydrogen-bond acceptors (Lipinski definition) is 4. The number of nitrogens with one attached hydrogen (secondary N) is 2. The second-order valence-corrected chi connectivity index (χ2v) is 8.01. The summed E-state index contributed by atoms with van der Waals surface area (Å²) in [6.45, 7) is 4.43. The van der Waals surface area contributed by atoms with E-state index in [1.54, 1.807) is 36.5 Å². The number of benzene rings is 2. The molecule has 7 nitrogen and oxygen atoms in total. The molecule has 0 unspecified atom stereocenters. The van der Waals surface area contributed by atoms with E-state index in [2.05, 4.69) is 21.4 Å². The zero-order valence-electron chi connectivity index (χ0n) is 18.9. The molecule has 7 heteroatoms. The van der Waals surface area contributed by atoms with E-state index in [-0.39, 0.29) is 18.1 Å². The van der Waals surface area contributed by atoms with Gasteiger partial charge in [0, 0.05) is 35.4 Å². The van der Waals surface area contributed by atoms with E-state index >= 15 is 0 Å². The lowest BCUT2D eigenvalue weighted by Crippen LogP contribution is -2.36. The summed E-state index contributed by atoms with van der Waals surface area (Å²) in [7, 11) is 1.55. The Morgan fingerprint density at radius 1 is 1.09 bits per heavy atom. The molecule has 2 N–H and O–H groups in total. The van der Waals surface area contributed by atoms with Crippen LogP contribution in [0.25, 0.3) is 10.9 Å². The summed E-state index contributed by atoms with van der Waals surface area (Å²) in [5, 5.41) is 3.87. The summed E-state index contributed by atoms with van der Waals surface area (Å²) in [5.74, 6) is 0.557. The summed E-state index contributed by atoms with van der Waals surface area (Å²) >= 11 is 0. The van der Waals surface area contributed by atoms with Crippen LogP contribution in [0.15, 0.2) is 71.8 Å². The number of carbonyl (C=O) groups excluding carboxylic acids is 1. The molecule has 0 saturated heterocycles. The molecule has 2 aromatic heterocycles. The van der Waals surface area contributed by atoms with Gasteiger partial charge in [0.25, 0.3) is 5.56 Å². The number of ether oxygens (including phenoxy) is 1. The zero-order valence-corrected chi connectivity index (χ0v) is 18.9. The third kappa shape index (κ3) is 5.03. The van der Waals surface area contributed by atoms with Crippen molar-refractivity contribution in [3.05, 3.63) is 99.6 Å². The number of rotatable bonds is 6. The summed E-state index contributed by atoms with van der Waals surface area (Å²) < 4.78 is 5.35. The number of aryl methyl sites for hydroxylation is 2. The molecule has 0 aliphatic carbocycles. The van der Waals surface area contributed by atoms with Crippen molar-refractivity contribution in [1.82, 2.24) is 14.9 Å². The minimum absolute atomic E-state index is 0.133. The van der Waals surface area contributed by atoms with E-state index < -0.39 is 0 Å². The Morgan fingerprint density at radius 2 is 1.91 bits per heavy atom. The fourth-order valence-electron chi connectivity index (χ4n) is 3.89. The Bertz CT molecular complexity index is 1350. The first-order chi connectivity index (χ1) is 15.9. The molecule has 0 aliphatic rings. The van der Waals surface area contributed by atoms with Crippen LogP contribution in [0.2, 0.25) is 0 Å². The number of nitrogens with zero attached hydrogens (tertiary/aromatic N) is 2. The van der Waals surface area contributed by atoms with E-state index in [1.165, 1.54) is 0 Å². The Balaban J connectivity index is 1.68. The molecular weight excluding hydrogens is 416 g/mol. The SMILES string of the molecule is COc1ccccc1NC(=O)N(Cc1cccnc1)Cc1cc2c(C)cc(C)cc2[nH]c1=O. The quantitative estimate of drug-likeness (QED) is 0.450. The van der Waals surface area contributed by atoms with Crippen LogP contribution < -0.4 is 15.6 Å². The van der Waals surface area contributed by atoms with Gasteiger partial charge in [0.05, 0.1) is 19.3 Å². The molecule has 0 bridgehead atoms. The van der Waals surface area contributed by atoms with Gasteiger partial charge in [-0.2, -0.15) is 0 Å². The van der Waals surface area contributed by atoms with Crippen LogP contribution in [0.1, 0.15) is 22.3 Å². The highest BCUT2D eigenvalue weighted by Crippen LogP contribution is 2.24. The second-order valence-electron chi connectivity index (χ2n) is 8.01. The average Bonchev–Trinajstić information content (AvgIpc) is 2.80. The number of urea groups is 1. The Morgan fingerprint density at radius 3 is 2.67 bits per heavy atom. The van der Waals surface area contributed by atoms with Crippen LogP contribution in [-0.2, 0) is 13.1 Å². The third-order valence-electron chi connectivity index (χ3n) is 5.48. The van der Waals surface area contributed by atoms with Gasteiger partial charge in [0.2, 0.25) is 0 Å². The predicted octanol–water partition coefficient (Wildman–Crippen LogP) is 4.78. The number of H-pyrrole nitrogens is 1. The lowest BCUT2D eigenvalue weighted by atomic mass is 10.0. The number of pyridine rings is 2. The molecular formula is C26H26N4O3. The van der Waals surface area contributed by atoms with E-state index in [4.69, 9.17) is 4.74 Å². The normalized spacial score (nSPS) is 10.8. The van der Waals surface area contributed by atoms with Crippen LogP contribution in [0, 0.1) is 13.8 Å². The van der Waals surface area contributed by atoms with Crippen molar-refractivity contribution >= 4 is 22.6 Å². The molecule has 0 saturated carbocycles. The first kappa shape index (κ1) is 22.1. The lowest BCUT2D eigenvalue weighted by Gasteiger charge is -2.24. The smallest absolute Gasteiger partial charge is 0.322 e. The van der Waals surface area contributed by atoms with Crippen molar-refractivity contribution in [2.45, 2.75) is 26.9 Å². The van der Waals surface area contributed by atoms with E-state index in [9.17, 15) is 9.59 Å². The van der Waals surface area contributed by atoms with Gasteiger partial charge < -0.3 is 19.9 Å². The maximum absolute atomic E-state index is 13.3. The third-order valence-corrected chi connectivity index (χ3v) is 5.48. The van der Waals surface area contributed by atoms with Crippen LogP contribution in [0.4, 0.5) is 10.5 Å². The second kappa shape index (κ2) is 9.56. The number of fused-ring (bicyclic) bond motifs is 1. The van der Waals surface area contributed by atoms with Gasteiger partial charge in [-0.05, 0) is 60.9 Å².